The molecule has 4 aliphatic rings. The molecule has 0 radical (unpaired) electrons. The summed E-state index contributed by atoms with van der Waals surface area (Å²) in [5, 5.41) is 1.33. The van der Waals surface area contributed by atoms with Crippen molar-refractivity contribution in [3.8, 4) is 17.2 Å². The first kappa shape index (κ1) is 28.0. The van der Waals surface area contributed by atoms with Crippen LogP contribution in [0.4, 0.5) is 17.1 Å². The highest BCUT2D eigenvalue weighted by Crippen LogP contribution is 2.55. The second-order valence-electron chi connectivity index (χ2n) is 17.2. The fourth-order valence-electron chi connectivity index (χ4n) is 10.2. The van der Waals surface area contributed by atoms with Crippen LogP contribution >= 0.6 is 0 Å². The van der Waals surface area contributed by atoms with Gasteiger partial charge in [0.05, 0.1) is 16.6 Å². The minimum Gasteiger partial charge on any atom is -0.458 e. The Kier molecular flexibility index (Phi) is 4.93. The third kappa shape index (κ3) is 3.23. The van der Waals surface area contributed by atoms with Gasteiger partial charge in [-0.05, 0) is 99.6 Å². The molecule has 7 aromatic rings. The maximum Gasteiger partial charge on any atom is 0.262 e. The maximum atomic E-state index is 7.36. The van der Waals surface area contributed by atoms with Crippen molar-refractivity contribution >= 4 is 67.7 Å². The highest BCUT2D eigenvalue weighted by Gasteiger charge is 2.51. The van der Waals surface area contributed by atoms with E-state index in [0.717, 1.165) is 24.3 Å². The number of hydrogen-bond donors (Lipinski definition) is 0. The number of aromatic nitrogens is 2. The Bertz CT molecular complexity index is 2630. The third-order valence-electron chi connectivity index (χ3n) is 12.4. The van der Waals surface area contributed by atoms with Crippen molar-refractivity contribution in [2.45, 2.75) is 77.6 Å². The van der Waals surface area contributed by atoms with Crippen LogP contribution in [0.25, 0.3) is 33.3 Å². The summed E-state index contributed by atoms with van der Waals surface area (Å²) < 4.78 is 12.5. The molecule has 0 bridgehead atoms. The van der Waals surface area contributed by atoms with Gasteiger partial charge in [0.1, 0.15) is 17.1 Å². The lowest BCUT2D eigenvalue weighted by Crippen LogP contribution is -2.63. The number of anilines is 3. The molecule has 49 heavy (non-hydrogen) atoms. The standard InChI is InChI=1S/C44H40BN3O/c1-42(2,3)34-26-16-11-12-17-28(26)47-31-21-20-30-37-39(31)48(41(34)47)29-18-13-19-33-36(29)45(37)38-32(46(30)25-14-9-8-10-15-25)24-27-35(40(38)49-33)44(6,7)23-22-43(27,4)5/h8-21,24H,22-23H2,1-7H3. The molecule has 4 nitrogen and oxygen atoms in total. The van der Waals surface area contributed by atoms with Crippen LogP contribution < -0.4 is 26.0 Å². The molecule has 0 amide bonds. The second kappa shape index (κ2) is 8.63. The Morgan fingerprint density at radius 1 is 0.694 bits per heavy atom. The lowest BCUT2D eigenvalue weighted by molar-refractivity contribution is 0.320. The molecule has 5 heteroatoms. The van der Waals surface area contributed by atoms with Gasteiger partial charge in [-0.15, -0.1) is 0 Å². The minimum absolute atomic E-state index is 0.000380. The van der Waals surface area contributed by atoms with E-state index >= 15 is 0 Å². The predicted molar refractivity (Wildman–Crippen MR) is 205 cm³/mol. The smallest absolute Gasteiger partial charge is 0.262 e. The summed E-state index contributed by atoms with van der Waals surface area (Å²) >= 11 is 0. The summed E-state index contributed by atoms with van der Waals surface area (Å²) in [5.41, 5.74) is 18.2. The molecule has 0 unspecified atom stereocenters. The summed E-state index contributed by atoms with van der Waals surface area (Å²) in [5.74, 6) is 2.09. The third-order valence-corrected chi connectivity index (χ3v) is 12.4. The van der Waals surface area contributed by atoms with Crippen LogP contribution in [-0.4, -0.2) is 15.7 Å². The van der Waals surface area contributed by atoms with Crippen molar-refractivity contribution in [1.82, 2.24) is 8.97 Å². The van der Waals surface area contributed by atoms with Gasteiger partial charge in [-0.3, -0.25) is 8.97 Å². The molecular formula is C44H40BN3O. The number of hydrogen-bond acceptors (Lipinski definition) is 2. The Hall–Kier alpha value is -4.90. The zero-order valence-electron chi connectivity index (χ0n) is 29.4. The molecule has 0 fully saturated rings. The van der Waals surface area contributed by atoms with Gasteiger partial charge in [-0.25, -0.2) is 0 Å². The number of para-hydroxylation sites is 2. The van der Waals surface area contributed by atoms with Crippen LogP contribution in [0.3, 0.4) is 0 Å². The number of imidazole rings is 1. The van der Waals surface area contributed by atoms with Gasteiger partial charge < -0.3 is 9.64 Å². The summed E-state index contributed by atoms with van der Waals surface area (Å²) in [6.07, 6.45) is 2.29. The molecule has 0 N–H and O–H groups in total. The van der Waals surface area contributed by atoms with Gasteiger partial charge in [-0.2, -0.15) is 0 Å². The molecule has 0 saturated heterocycles. The van der Waals surface area contributed by atoms with Gasteiger partial charge in [0, 0.05) is 39.3 Å². The van der Waals surface area contributed by atoms with E-state index in [0.29, 0.717) is 0 Å². The van der Waals surface area contributed by atoms with Gasteiger partial charge in [0.25, 0.3) is 6.71 Å². The summed E-state index contributed by atoms with van der Waals surface area (Å²) in [6.45, 7) is 16.9. The zero-order chi connectivity index (χ0) is 33.4. The zero-order valence-corrected chi connectivity index (χ0v) is 29.4. The Balaban J connectivity index is 1.38. The van der Waals surface area contributed by atoms with Crippen molar-refractivity contribution in [3.63, 3.8) is 0 Å². The van der Waals surface area contributed by atoms with Gasteiger partial charge in [0.15, 0.2) is 0 Å². The number of benzene rings is 5. The van der Waals surface area contributed by atoms with E-state index in [-0.39, 0.29) is 23.0 Å². The summed E-state index contributed by atoms with van der Waals surface area (Å²) in [6, 6.07) is 34.1. The van der Waals surface area contributed by atoms with E-state index in [4.69, 9.17) is 4.74 Å². The summed E-state index contributed by atoms with van der Waals surface area (Å²) in [7, 11) is 0. The first-order valence-corrected chi connectivity index (χ1v) is 18.0. The van der Waals surface area contributed by atoms with E-state index in [2.05, 4.69) is 153 Å². The molecule has 5 heterocycles. The number of nitrogens with zero attached hydrogens (tertiary/aromatic N) is 3. The quantitative estimate of drug-likeness (QED) is 0.167. The van der Waals surface area contributed by atoms with E-state index in [9.17, 15) is 0 Å². The SMILES string of the molecule is CC(C)(C)c1c2ccccc2n2c3ccc4c5c3n(c12)-c1cccc2c1B5c1c(cc3c(c1O2)C(C)(C)CCC3(C)C)N4c1ccccc1. The van der Waals surface area contributed by atoms with Crippen molar-refractivity contribution in [1.29, 1.82) is 0 Å². The van der Waals surface area contributed by atoms with E-state index in [1.165, 1.54) is 83.4 Å². The average molecular weight is 638 g/mol. The average Bonchev–Trinajstić information content (AvgIpc) is 3.59. The topological polar surface area (TPSA) is 21.8 Å². The van der Waals surface area contributed by atoms with Crippen LogP contribution in [0.5, 0.6) is 11.5 Å². The van der Waals surface area contributed by atoms with E-state index in [1.807, 2.05) is 0 Å². The lowest BCUT2D eigenvalue weighted by Gasteiger charge is -2.48. The van der Waals surface area contributed by atoms with E-state index in [1.54, 1.807) is 0 Å². The van der Waals surface area contributed by atoms with Crippen LogP contribution in [0.1, 0.15) is 78.0 Å². The van der Waals surface area contributed by atoms with Crippen molar-refractivity contribution in [2.24, 2.45) is 0 Å². The molecule has 11 rings (SSSR count). The highest BCUT2D eigenvalue weighted by atomic mass is 16.5. The normalized spacial score (nSPS) is 17.5. The predicted octanol–water partition coefficient (Wildman–Crippen LogP) is 9.40. The Morgan fingerprint density at radius 2 is 1.45 bits per heavy atom. The molecule has 5 aromatic carbocycles. The Labute approximate surface area is 288 Å². The van der Waals surface area contributed by atoms with Crippen molar-refractivity contribution in [2.75, 3.05) is 4.90 Å². The maximum absolute atomic E-state index is 7.36. The minimum atomic E-state index is -0.0717. The molecule has 2 aromatic heterocycles. The molecule has 1 aliphatic carbocycles. The largest absolute Gasteiger partial charge is 0.458 e. The summed E-state index contributed by atoms with van der Waals surface area (Å²) in [4.78, 5) is 2.54. The van der Waals surface area contributed by atoms with Crippen LogP contribution in [-0.2, 0) is 16.2 Å². The first-order valence-electron chi connectivity index (χ1n) is 18.0. The van der Waals surface area contributed by atoms with Gasteiger partial charge >= 0.3 is 0 Å². The van der Waals surface area contributed by atoms with Gasteiger partial charge in [-0.1, -0.05) is 90.9 Å². The van der Waals surface area contributed by atoms with Crippen molar-refractivity contribution < 1.29 is 4.74 Å². The fraction of sp³-hybridized carbons (Fsp3) is 0.273. The number of rotatable bonds is 1. The molecule has 240 valence electrons. The van der Waals surface area contributed by atoms with Crippen LogP contribution in [0, 0.1) is 0 Å². The number of fused-ring (bicyclic) bond motifs is 8. The lowest BCUT2D eigenvalue weighted by atomic mass is 9.32. The molecule has 0 atom stereocenters. The molecular weight excluding hydrogens is 597 g/mol. The monoisotopic (exact) mass is 637 g/mol. The molecule has 0 spiro atoms. The van der Waals surface area contributed by atoms with Crippen LogP contribution in [0.2, 0.25) is 0 Å². The molecule has 3 aliphatic heterocycles. The highest BCUT2D eigenvalue weighted by molar-refractivity contribution is 7.01. The van der Waals surface area contributed by atoms with Crippen LogP contribution in [0.15, 0.2) is 91.0 Å². The number of ether oxygens (including phenoxy) is 1. The Morgan fingerprint density at radius 3 is 2.24 bits per heavy atom. The van der Waals surface area contributed by atoms with E-state index < -0.39 is 0 Å². The fourth-order valence-corrected chi connectivity index (χ4v) is 10.2. The second-order valence-corrected chi connectivity index (χ2v) is 17.2. The van der Waals surface area contributed by atoms with Crippen molar-refractivity contribution in [3.05, 3.63) is 108 Å². The molecule has 0 saturated carbocycles. The first-order chi connectivity index (χ1) is 23.5. The van der Waals surface area contributed by atoms with Gasteiger partial charge in [0.2, 0.25) is 0 Å².